The van der Waals surface area contributed by atoms with E-state index in [1.807, 2.05) is 51.1 Å². The summed E-state index contributed by atoms with van der Waals surface area (Å²) in [6.07, 6.45) is 0. The van der Waals surface area contributed by atoms with E-state index in [0.29, 0.717) is 5.69 Å². The van der Waals surface area contributed by atoms with Crippen LogP contribution in [0.4, 0.5) is 0 Å². The quantitative estimate of drug-likeness (QED) is 0.751. The molecule has 26 heavy (non-hydrogen) atoms. The highest BCUT2D eigenvalue weighted by atomic mass is 32.1. The standard InChI is InChI=1S/C20H21N3O2S/c1-13-11-17(15(3)26-13)14(2)21-19(24)12-23-20(25)10-9-18(22-23)16-7-5-4-6-8-16/h4-11,14H,12H2,1-3H3,(H,21,24)/t14-/m0/s1. The summed E-state index contributed by atoms with van der Waals surface area (Å²) in [6, 6.07) is 14.7. The van der Waals surface area contributed by atoms with Gasteiger partial charge in [-0.15, -0.1) is 11.3 Å². The maximum atomic E-state index is 12.4. The van der Waals surface area contributed by atoms with E-state index in [1.54, 1.807) is 17.4 Å². The van der Waals surface area contributed by atoms with Crippen LogP contribution in [0.3, 0.4) is 0 Å². The number of carbonyl (C=O) groups is 1. The molecule has 6 heteroatoms. The molecule has 0 bridgehead atoms. The van der Waals surface area contributed by atoms with Crippen molar-refractivity contribution in [2.24, 2.45) is 0 Å². The van der Waals surface area contributed by atoms with Gasteiger partial charge in [-0.05, 0) is 38.5 Å². The smallest absolute Gasteiger partial charge is 0.267 e. The fourth-order valence-electron chi connectivity index (χ4n) is 2.91. The molecule has 0 saturated heterocycles. The number of benzene rings is 1. The zero-order valence-electron chi connectivity index (χ0n) is 15.0. The molecule has 0 fully saturated rings. The van der Waals surface area contributed by atoms with E-state index >= 15 is 0 Å². The maximum Gasteiger partial charge on any atom is 0.267 e. The highest BCUT2D eigenvalue weighted by Crippen LogP contribution is 2.26. The van der Waals surface area contributed by atoms with Crippen LogP contribution in [-0.2, 0) is 11.3 Å². The van der Waals surface area contributed by atoms with Gasteiger partial charge in [-0.2, -0.15) is 5.10 Å². The summed E-state index contributed by atoms with van der Waals surface area (Å²) < 4.78 is 1.20. The number of amides is 1. The number of nitrogens with zero attached hydrogens (tertiary/aromatic N) is 2. The molecule has 3 aromatic rings. The van der Waals surface area contributed by atoms with Crippen molar-refractivity contribution in [1.82, 2.24) is 15.1 Å². The van der Waals surface area contributed by atoms with Crippen LogP contribution >= 0.6 is 11.3 Å². The van der Waals surface area contributed by atoms with Crippen molar-refractivity contribution in [2.45, 2.75) is 33.4 Å². The summed E-state index contributed by atoms with van der Waals surface area (Å²) in [6.45, 7) is 5.94. The van der Waals surface area contributed by atoms with E-state index in [1.165, 1.54) is 20.5 Å². The van der Waals surface area contributed by atoms with Gasteiger partial charge in [0, 0.05) is 21.4 Å². The first-order valence-corrected chi connectivity index (χ1v) is 9.25. The topological polar surface area (TPSA) is 64.0 Å². The van der Waals surface area contributed by atoms with Crippen LogP contribution in [0, 0.1) is 13.8 Å². The predicted molar refractivity (Wildman–Crippen MR) is 104 cm³/mol. The van der Waals surface area contributed by atoms with Crippen LogP contribution in [-0.4, -0.2) is 15.7 Å². The van der Waals surface area contributed by atoms with E-state index in [9.17, 15) is 9.59 Å². The second-order valence-corrected chi connectivity index (χ2v) is 7.70. The van der Waals surface area contributed by atoms with Crippen molar-refractivity contribution >= 4 is 17.2 Å². The minimum atomic E-state index is -0.296. The lowest BCUT2D eigenvalue weighted by molar-refractivity contribution is -0.122. The molecule has 134 valence electrons. The van der Waals surface area contributed by atoms with Gasteiger partial charge in [0.1, 0.15) is 6.54 Å². The van der Waals surface area contributed by atoms with Gasteiger partial charge >= 0.3 is 0 Å². The number of carbonyl (C=O) groups excluding carboxylic acids is 1. The number of thiophene rings is 1. The minimum absolute atomic E-state index is 0.105. The number of rotatable bonds is 5. The summed E-state index contributed by atoms with van der Waals surface area (Å²) in [7, 11) is 0. The van der Waals surface area contributed by atoms with Crippen molar-refractivity contribution in [3.8, 4) is 11.3 Å². The summed E-state index contributed by atoms with van der Waals surface area (Å²) in [5.74, 6) is -0.236. The second kappa shape index (κ2) is 7.66. The minimum Gasteiger partial charge on any atom is -0.348 e. The summed E-state index contributed by atoms with van der Waals surface area (Å²) in [4.78, 5) is 26.9. The summed E-state index contributed by atoms with van der Waals surface area (Å²) in [5.41, 5.74) is 2.38. The fourth-order valence-corrected chi connectivity index (χ4v) is 3.93. The zero-order valence-corrected chi connectivity index (χ0v) is 15.8. The van der Waals surface area contributed by atoms with Crippen molar-refractivity contribution in [1.29, 1.82) is 0 Å². The molecule has 5 nitrogen and oxygen atoms in total. The first-order valence-electron chi connectivity index (χ1n) is 8.44. The Hall–Kier alpha value is -2.73. The van der Waals surface area contributed by atoms with Gasteiger partial charge in [-0.1, -0.05) is 30.3 Å². The van der Waals surface area contributed by atoms with Crippen molar-refractivity contribution in [3.05, 3.63) is 74.2 Å². The van der Waals surface area contributed by atoms with Gasteiger partial charge < -0.3 is 5.32 Å². The maximum absolute atomic E-state index is 12.4. The molecule has 0 aliphatic rings. The van der Waals surface area contributed by atoms with Gasteiger partial charge in [-0.3, -0.25) is 9.59 Å². The largest absolute Gasteiger partial charge is 0.348 e. The normalized spacial score (nSPS) is 12.0. The van der Waals surface area contributed by atoms with Gasteiger partial charge in [-0.25, -0.2) is 4.68 Å². The van der Waals surface area contributed by atoms with Gasteiger partial charge in [0.25, 0.3) is 5.56 Å². The molecule has 2 aromatic heterocycles. The molecule has 0 aliphatic carbocycles. The highest BCUT2D eigenvalue weighted by Gasteiger charge is 2.15. The SMILES string of the molecule is Cc1cc([C@H](C)NC(=O)Cn2nc(-c3ccccc3)ccc2=O)c(C)s1. The van der Waals surface area contributed by atoms with Crippen LogP contribution < -0.4 is 10.9 Å². The van der Waals surface area contributed by atoms with E-state index < -0.39 is 0 Å². The van der Waals surface area contributed by atoms with Crippen LogP contribution in [0.15, 0.2) is 53.3 Å². The Bertz CT molecular complexity index is 976. The number of hydrogen-bond acceptors (Lipinski definition) is 4. The predicted octanol–water partition coefficient (Wildman–Crippen LogP) is 3.47. The van der Waals surface area contributed by atoms with Crippen LogP contribution in [0.2, 0.25) is 0 Å². The third-order valence-corrected chi connectivity index (χ3v) is 5.13. The van der Waals surface area contributed by atoms with E-state index in [2.05, 4.69) is 16.5 Å². The van der Waals surface area contributed by atoms with Gasteiger partial charge in [0.2, 0.25) is 5.91 Å². The Morgan fingerprint density at radius 2 is 1.92 bits per heavy atom. The fraction of sp³-hybridized carbons (Fsp3) is 0.250. The number of aromatic nitrogens is 2. The molecule has 3 rings (SSSR count). The Morgan fingerprint density at radius 1 is 1.19 bits per heavy atom. The van der Waals surface area contributed by atoms with Crippen molar-refractivity contribution < 1.29 is 4.79 Å². The number of aryl methyl sites for hydroxylation is 2. The van der Waals surface area contributed by atoms with Gasteiger partial charge in [0.05, 0.1) is 11.7 Å². The Labute approximate surface area is 156 Å². The molecule has 2 heterocycles. The first-order chi connectivity index (χ1) is 12.4. The lowest BCUT2D eigenvalue weighted by atomic mass is 10.1. The average molecular weight is 367 g/mol. The van der Waals surface area contributed by atoms with Crippen molar-refractivity contribution in [3.63, 3.8) is 0 Å². The molecule has 0 radical (unpaired) electrons. The lowest BCUT2D eigenvalue weighted by Crippen LogP contribution is -2.34. The molecular weight excluding hydrogens is 346 g/mol. The molecular formula is C20H21N3O2S. The van der Waals surface area contributed by atoms with E-state index in [-0.39, 0.29) is 24.1 Å². The number of nitrogens with one attached hydrogen (secondary N) is 1. The third-order valence-electron chi connectivity index (χ3n) is 4.15. The monoisotopic (exact) mass is 367 g/mol. The molecule has 1 atom stereocenters. The molecule has 0 aliphatic heterocycles. The average Bonchev–Trinajstić information content (AvgIpc) is 2.96. The summed E-state index contributed by atoms with van der Waals surface area (Å²) in [5, 5.41) is 7.28. The van der Waals surface area contributed by atoms with Crippen LogP contribution in [0.5, 0.6) is 0 Å². The van der Waals surface area contributed by atoms with Crippen LogP contribution in [0.25, 0.3) is 11.3 Å². The molecule has 1 N–H and O–H groups in total. The zero-order chi connectivity index (χ0) is 18.7. The van der Waals surface area contributed by atoms with E-state index in [4.69, 9.17) is 0 Å². The number of hydrogen-bond donors (Lipinski definition) is 1. The Balaban J connectivity index is 1.75. The molecule has 1 aromatic carbocycles. The van der Waals surface area contributed by atoms with Crippen LogP contribution in [0.1, 0.15) is 28.3 Å². The van der Waals surface area contributed by atoms with E-state index in [0.717, 1.165) is 11.1 Å². The highest BCUT2D eigenvalue weighted by molar-refractivity contribution is 7.12. The molecule has 0 saturated carbocycles. The molecule has 0 unspecified atom stereocenters. The van der Waals surface area contributed by atoms with Gasteiger partial charge in [0.15, 0.2) is 0 Å². The Morgan fingerprint density at radius 3 is 2.58 bits per heavy atom. The summed E-state index contributed by atoms with van der Waals surface area (Å²) >= 11 is 1.71. The first kappa shape index (κ1) is 18.1. The molecule has 0 spiro atoms. The van der Waals surface area contributed by atoms with Crippen molar-refractivity contribution in [2.75, 3.05) is 0 Å². The third kappa shape index (κ3) is 4.08. The lowest BCUT2D eigenvalue weighted by Gasteiger charge is -2.14. The second-order valence-electron chi connectivity index (χ2n) is 6.24. The Kier molecular flexibility index (Phi) is 5.32. The molecule has 1 amide bonds.